The van der Waals surface area contributed by atoms with Crippen molar-refractivity contribution in [3.05, 3.63) is 0 Å². The number of nitrogens with zero attached hydrogens (tertiary/aromatic N) is 2. The first-order valence-electron chi connectivity index (χ1n) is 8.39. The Bertz CT molecular complexity index is 375. The van der Waals surface area contributed by atoms with Crippen molar-refractivity contribution in [1.29, 1.82) is 0 Å². The van der Waals surface area contributed by atoms with Gasteiger partial charge < -0.3 is 20.9 Å². The van der Waals surface area contributed by atoms with E-state index in [0.29, 0.717) is 5.92 Å². The molecule has 1 atom stereocenters. The van der Waals surface area contributed by atoms with Crippen molar-refractivity contribution in [2.75, 3.05) is 39.3 Å². The monoisotopic (exact) mass is 311 g/mol. The maximum absolute atomic E-state index is 11.8. The summed E-state index contributed by atoms with van der Waals surface area (Å²) in [5.74, 6) is 1.33. The number of rotatable bonds is 6. The Morgan fingerprint density at radius 1 is 1.27 bits per heavy atom. The molecular weight excluding hydrogens is 278 g/mol. The molecule has 1 heterocycles. The van der Waals surface area contributed by atoms with Crippen LogP contribution >= 0.6 is 0 Å². The summed E-state index contributed by atoms with van der Waals surface area (Å²) >= 11 is 0. The third-order valence-corrected chi connectivity index (χ3v) is 3.61. The maximum atomic E-state index is 11.8. The molecule has 0 bridgehead atoms. The fourth-order valence-electron chi connectivity index (χ4n) is 2.56. The summed E-state index contributed by atoms with van der Waals surface area (Å²) in [5.41, 5.74) is -0.216. The number of nitrogens with one attached hydrogen (secondary N) is 3. The van der Waals surface area contributed by atoms with Gasteiger partial charge in [0.2, 0.25) is 5.91 Å². The summed E-state index contributed by atoms with van der Waals surface area (Å²) in [4.78, 5) is 18.7. The number of carbonyl (C=O) groups is 1. The van der Waals surface area contributed by atoms with Gasteiger partial charge in [0.15, 0.2) is 5.96 Å². The van der Waals surface area contributed by atoms with E-state index in [9.17, 15) is 4.79 Å². The van der Waals surface area contributed by atoms with Crippen LogP contribution in [-0.2, 0) is 4.79 Å². The average Bonchev–Trinajstić information content (AvgIpc) is 2.88. The van der Waals surface area contributed by atoms with Crippen molar-refractivity contribution in [3.8, 4) is 0 Å². The van der Waals surface area contributed by atoms with E-state index in [0.717, 1.165) is 32.1 Å². The highest BCUT2D eigenvalue weighted by Gasteiger charge is 2.21. The molecule has 1 unspecified atom stereocenters. The second-order valence-corrected chi connectivity index (χ2v) is 6.92. The van der Waals surface area contributed by atoms with Gasteiger partial charge in [-0.05, 0) is 53.1 Å². The molecule has 6 heteroatoms. The van der Waals surface area contributed by atoms with Gasteiger partial charge in [-0.2, -0.15) is 0 Å². The molecule has 1 rings (SSSR count). The molecule has 0 aromatic carbocycles. The van der Waals surface area contributed by atoms with Crippen LogP contribution in [0.3, 0.4) is 0 Å². The van der Waals surface area contributed by atoms with E-state index in [2.05, 4.69) is 32.8 Å². The quantitative estimate of drug-likeness (QED) is 0.501. The number of likely N-dealkylation sites (tertiary alicyclic amines) is 1. The zero-order valence-electron chi connectivity index (χ0n) is 14.8. The molecule has 1 saturated heterocycles. The van der Waals surface area contributed by atoms with Crippen LogP contribution in [0.15, 0.2) is 4.99 Å². The highest BCUT2D eigenvalue weighted by atomic mass is 16.2. The molecule has 0 saturated carbocycles. The fourth-order valence-corrected chi connectivity index (χ4v) is 2.56. The summed E-state index contributed by atoms with van der Waals surface area (Å²) in [6.45, 7) is 15.4. The number of amides is 1. The van der Waals surface area contributed by atoms with E-state index in [-0.39, 0.29) is 18.0 Å². The smallest absolute Gasteiger partial charge is 0.242 e. The van der Waals surface area contributed by atoms with Crippen LogP contribution in [0.1, 0.15) is 41.0 Å². The van der Waals surface area contributed by atoms with Crippen LogP contribution in [0.5, 0.6) is 0 Å². The molecule has 0 radical (unpaired) electrons. The lowest BCUT2D eigenvalue weighted by Gasteiger charge is -2.20. The van der Waals surface area contributed by atoms with Crippen LogP contribution in [-0.4, -0.2) is 61.6 Å². The number of guanidine groups is 1. The third-order valence-electron chi connectivity index (χ3n) is 3.61. The average molecular weight is 311 g/mol. The Kier molecular flexibility index (Phi) is 7.65. The number of hydrogen-bond acceptors (Lipinski definition) is 3. The molecule has 0 aromatic rings. The van der Waals surface area contributed by atoms with Gasteiger partial charge in [0.1, 0.15) is 6.54 Å². The van der Waals surface area contributed by atoms with Gasteiger partial charge in [-0.25, -0.2) is 4.99 Å². The Morgan fingerprint density at radius 2 is 2.00 bits per heavy atom. The molecule has 6 nitrogen and oxygen atoms in total. The van der Waals surface area contributed by atoms with E-state index in [1.807, 2.05) is 27.7 Å². The third kappa shape index (κ3) is 7.64. The maximum Gasteiger partial charge on any atom is 0.242 e. The van der Waals surface area contributed by atoms with Gasteiger partial charge in [0.25, 0.3) is 0 Å². The molecule has 1 aliphatic heterocycles. The fraction of sp³-hybridized carbons (Fsp3) is 0.875. The van der Waals surface area contributed by atoms with E-state index in [1.165, 1.54) is 13.0 Å². The number of carbonyl (C=O) groups excluding carboxylic acids is 1. The van der Waals surface area contributed by atoms with Crippen molar-refractivity contribution in [2.24, 2.45) is 10.9 Å². The second-order valence-electron chi connectivity index (χ2n) is 6.92. The Balaban J connectivity index is 2.40. The van der Waals surface area contributed by atoms with Crippen LogP contribution in [0, 0.1) is 5.92 Å². The minimum Gasteiger partial charge on any atom is -0.357 e. The largest absolute Gasteiger partial charge is 0.357 e. The Labute approximate surface area is 135 Å². The summed E-state index contributed by atoms with van der Waals surface area (Å²) in [6.07, 6.45) is 1.23. The normalized spacial score (nSPS) is 20.0. The van der Waals surface area contributed by atoms with Gasteiger partial charge in [0.05, 0.1) is 0 Å². The first-order valence-corrected chi connectivity index (χ1v) is 8.39. The molecule has 128 valence electrons. The lowest BCUT2D eigenvalue weighted by atomic mass is 10.1. The van der Waals surface area contributed by atoms with Crippen LogP contribution in [0.4, 0.5) is 0 Å². The van der Waals surface area contributed by atoms with Gasteiger partial charge in [-0.15, -0.1) is 0 Å². The van der Waals surface area contributed by atoms with Gasteiger partial charge in [-0.3, -0.25) is 4.79 Å². The summed E-state index contributed by atoms with van der Waals surface area (Å²) in [6, 6.07) is 0. The highest BCUT2D eigenvalue weighted by molar-refractivity contribution is 5.85. The van der Waals surface area contributed by atoms with E-state index >= 15 is 0 Å². The molecule has 0 aromatic heterocycles. The minimum absolute atomic E-state index is 0.0530. The van der Waals surface area contributed by atoms with Crippen molar-refractivity contribution in [1.82, 2.24) is 20.9 Å². The standard InChI is InChI=1S/C16H33N5O/c1-6-17-15(19-11-14(22)20-16(3,4)5)18-10-13-8-9-21(7-2)12-13/h13H,6-12H2,1-5H3,(H,20,22)(H2,17,18,19). The minimum atomic E-state index is -0.216. The van der Waals surface area contributed by atoms with Gasteiger partial charge >= 0.3 is 0 Å². The highest BCUT2D eigenvalue weighted by Crippen LogP contribution is 2.14. The van der Waals surface area contributed by atoms with Gasteiger partial charge in [-0.1, -0.05) is 6.92 Å². The number of hydrogen-bond donors (Lipinski definition) is 3. The summed E-state index contributed by atoms with van der Waals surface area (Å²) in [7, 11) is 0. The molecule has 1 amide bonds. The molecule has 1 aliphatic rings. The number of aliphatic imine (C=N–C) groups is 1. The van der Waals surface area contributed by atoms with Crippen molar-refractivity contribution in [2.45, 2.75) is 46.6 Å². The van der Waals surface area contributed by atoms with E-state index in [1.54, 1.807) is 0 Å². The Morgan fingerprint density at radius 3 is 2.55 bits per heavy atom. The molecule has 0 aliphatic carbocycles. The summed E-state index contributed by atoms with van der Waals surface area (Å²) in [5, 5.41) is 9.47. The van der Waals surface area contributed by atoms with Crippen molar-refractivity contribution >= 4 is 11.9 Å². The molecule has 22 heavy (non-hydrogen) atoms. The van der Waals surface area contributed by atoms with Crippen LogP contribution in [0.25, 0.3) is 0 Å². The Hall–Kier alpha value is -1.30. The summed E-state index contributed by atoms with van der Waals surface area (Å²) < 4.78 is 0. The zero-order chi connectivity index (χ0) is 16.6. The first kappa shape index (κ1) is 18.7. The molecule has 1 fully saturated rings. The van der Waals surface area contributed by atoms with E-state index in [4.69, 9.17) is 0 Å². The van der Waals surface area contributed by atoms with E-state index < -0.39 is 0 Å². The predicted molar refractivity (Wildman–Crippen MR) is 92.1 cm³/mol. The van der Waals surface area contributed by atoms with Crippen molar-refractivity contribution in [3.63, 3.8) is 0 Å². The lowest BCUT2D eigenvalue weighted by molar-refractivity contribution is -0.121. The lowest BCUT2D eigenvalue weighted by Crippen LogP contribution is -2.44. The predicted octanol–water partition coefficient (Wildman–Crippen LogP) is 0.798. The molecular formula is C16H33N5O. The molecule has 3 N–H and O–H groups in total. The molecule has 0 spiro atoms. The van der Waals surface area contributed by atoms with Gasteiger partial charge in [0, 0.05) is 25.2 Å². The zero-order valence-corrected chi connectivity index (χ0v) is 14.8. The van der Waals surface area contributed by atoms with Crippen LogP contribution in [0.2, 0.25) is 0 Å². The first-order chi connectivity index (χ1) is 10.3. The van der Waals surface area contributed by atoms with Crippen molar-refractivity contribution < 1.29 is 4.79 Å². The SMILES string of the molecule is CCNC(=NCC(=O)NC(C)(C)C)NCC1CCN(CC)C1. The topological polar surface area (TPSA) is 68.8 Å². The van der Waals surface area contributed by atoms with Crippen LogP contribution < -0.4 is 16.0 Å². The second kappa shape index (κ2) is 8.98.